The number of fused-ring (bicyclic) bond motifs is 3. The van der Waals surface area contributed by atoms with E-state index >= 15 is 0 Å². The van der Waals surface area contributed by atoms with E-state index in [-0.39, 0.29) is 23.9 Å². The topological polar surface area (TPSA) is 100 Å². The number of esters is 1. The summed E-state index contributed by atoms with van der Waals surface area (Å²) in [5.41, 5.74) is 3.02. The molecular formula is C28H34N4O5. The minimum Gasteiger partial charge on any atom is -0.458 e. The van der Waals surface area contributed by atoms with Crippen LogP contribution >= 0.6 is 0 Å². The average molecular weight is 507 g/mol. The lowest BCUT2D eigenvalue weighted by Crippen LogP contribution is -2.47. The lowest BCUT2D eigenvalue weighted by Gasteiger charge is -2.30. The Morgan fingerprint density at radius 2 is 1.86 bits per heavy atom. The second kappa shape index (κ2) is 10.0. The molecule has 3 aliphatic rings. The van der Waals surface area contributed by atoms with Crippen LogP contribution in [0.1, 0.15) is 51.2 Å². The number of nitrogens with zero attached hydrogens (tertiary/aromatic N) is 2. The number of benzene rings is 2. The summed E-state index contributed by atoms with van der Waals surface area (Å²) in [6.45, 7) is 6.36. The zero-order chi connectivity index (χ0) is 26.2. The van der Waals surface area contributed by atoms with Gasteiger partial charge in [0, 0.05) is 17.9 Å². The van der Waals surface area contributed by atoms with Gasteiger partial charge >= 0.3 is 12.0 Å². The van der Waals surface area contributed by atoms with Crippen molar-refractivity contribution in [1.82, 2.24) is 9.96 Å². The molecule has 3 amide bonds. The lowest BCUT2D eigenvalue weighted by molar-refractivity contribution is -0.156. The minimum absolute atomic E-state index is 0.0481. The van der Waals surface area contributed by atoms with Gasteiger partial charge in [-0.25, -0.2) is 9.59 Å². The van der Waals surface area contributed by atoms with Crippen molar-refractivity contribution in [3.8, 4) is 0 Å². The van der Waals surface area contributed by atoms with Gasteiger partial charge < -0.3 is 20.3 Å². The number of carbonyl (C=O) groups is 3. The fraction of sp³-hybridized carbons (Fsp3) is 0.464. The summed E-state index contributed by atoms with van der Waals surface area (Å²) >= 11 is 0. The summed E-state index contributed by atoms with van der Waals surface area (Å²) in [6, 6.07) is 14.1. The molecule has 37 heavy (non-hydrogen) atoms. The molecule has 196 valence electrons. The number of hydrogen-bond acceptors (Lipinski definition) is 6. The lowest BCUT2D eigenvalue weighted by atomic mass is 9.97. The van der Waals surface area contributed by atoms with Crippen molar-refractivity contribution in [2.45, 2.75) is 76.8 Å². The van der Waals surface area contributed by atoms with Gasteiger partial charge in [-0.15, -0.1) is 0 Å². The highest BCUT2D eigenvalue weighted by atomic mass is 16.7. The quantitative estimate of drug-likeness (QED) is 0.573. The maximum Gasteiger partial charge on any atom is 0.345 e. The van der Waals surface area contributed by atoms with Gasteiger partial charge in [0.1, 0.15) is 24.3 Å². The van der Waals surface area contributed by atoms with Crippen molar-refractivity contribution in [2.75, 3.05) is 17.2 Å². The molecule has 2 saturated heterocycles. The maximum atomic E-state index is 13.2. The average Bonchev–Trinajstić information content (AvgIpc) is 3.10. The Morgan fingerprint density at radius 1 is 1.08 bits per heavy atom. The van der Waals surface area contributed by atoms with E-state index in [0.717, 1.165) is 16.8 Å². The Morgan fingerprint density at radius 3 is 2.62 bits per heavy atom. The van der Waals surface area contributed by atoms with Gasteiger partial charge in [-0.3, -0.25) is 9.63 Å². The highest BCUT2D eigenvalue weighted by molar-refractivity contribution is 5.98. The molecule has 0 radical (unpaired) electrons. The van der Waals surface area contributed by atoms with Crippen molar-refractivity contribution < 1.29 is 24.0 Å². The SMILES string of the molecule is CC(C)(C)OC(=O)C1CCc2cc(NC(=O)[C@@H]3CC[C@@H]4CN3C(=O)N4OCc3ccccc3)ccc2N1. The summed E-state index contributed by atoms with van der Waals surface area (Å²) < 4.78 is 5.51. The first-order valence-electron chi connectivity index (χ1n) is 12.9. The maximum absolute atomic E-state index is 13.2. The fourth-order valence-electron chi connectivity index (χ4n) is 5.14. The number of nitrogens with one attached hydrogen (secondary N) is 2. The van der Waals surface area contributed by atoms with E-state index in [2.05, 4.69) is 10.6 Å². The number of urea groups is 1. The van der Waals surface area contributed by atoms with Crippen molar-refractivity contribution in [3.05, 3.63) is 59.7 Å². The van der Waals surface area contributed by atoms with Crippen molar-refractivity contribution in [1.29, 1.82) is 0 Å². The van der Waals surface area contributed by atoms with E-state index < -0.39 is 17.7 Å². The molecule has 0 spiro atoms. The number of amides is 3. The normalized spacial score (nSPS) is 22.8. The monoisotopic (exact) mass is 506 g/mol. The molecule has 3 heterocycles. The van der Waals surface area contributed by atoms with E-state index in [1.807, 2.05) is 69.3 Å². The van der Waals surface area contributed by atoms with Gasteiger partial charge in [0.2, 0.25) is 5.91 Å². The third-order valence-electron chi connectivity index (χ3n) is 6.93. The number of ether oxygens (including phenoxy) is 1. The largest absolute Gasteiger partial charge is 0.458 e. The summed E-state index contributed by atoms with van der Waals surface area (Å²) in [4.78, 5) is 46.1. The first-order valence-corrected chi connectivity index (χ1v) is 12.9. The Bertz CT molecular complexity index is 1180. The van der Waals surface area contributed by atoms with Gasteiger partial charge in [-0.2, -0.15) is 5.06 Å². The zero-order valence-corrected chi connectivity index (χ0v) is 21.5. The standard InChI is InChI=1S/C28H34N4O5/c1-28(2,3)37-26(34)23-12-9-19-15-20(10-13-22(19)30-23)29-25(33)24-14-11-21-16-31(24)27(35)32(21)36-17-18-7-5-4-6-8-18/h4-8,10,13,15,21,23-24,30H,9,11-12,14,16-17H2,1-3H3,(H,29,33)/t21-,23?,24+/m1/s1. The molecule has 3 aliphatic heterocycles. The van der Waals surface area contributed by atoms with Gasteiger partial charge in [0.15, 0.2) is 0 Å². The Labute approximate surface area is 217 Å². The van der Waals surface area contributed by atoms with Crippen LogP contribution in [0.25, 0.3) is 0 Å². The molecular weight excluding hydrogens is 472 g/mol. The fourth-order valence-corrected chi connectivity index (χ4v) is 5.14. The predicted molar refractivity (Wildman–Crippen MR) is 139 cm³/mol. The van der Waals surface area contributed by atoms with E-state index in [9.17, 15) is 14.4 Å². The number of rotatable bonds is 6. The van der Waals surface area contributed by atoms with Crippen LogP contribution in [-0.4, -0.2) is 58.1 Å². The molecule has 0 saturated carbocycles. The van der Waals surface area contributed by atoms with E-state index in [0.29, 0.717) is 44.5 Å². The van der Waals surface area contributed by atoms with Gasteiger partial charge in [0.05, 0.1) is 6.04 Å². The molecule has 2 aromatic rings. The number of aryl methyl sites for hydroxylation is 1. The highest BCUT2D eigenvalue weighted by Gasteiger charge is 2.48. The molecule has 3 atom stereocenters. The Balaban J connectivity index is 1.18. The summed E-state index contributed by atoms with van der Waals surface area (Å²) in [5, 5.41) is 7.69. The number of carbonyl (C=O) groups excluding carboxylic acids is 3. The van der Waals surface area contributed by atoms with Gasteiger partial charge in [-0.1, -0.05) is 30.3 Å². The Hall–Kier alpha value is -3.59. The molecule has 2 N–H and O–H groups in total. The third kappa shape index (κ3) is 5.56. The summed E-state index contributed by atoms with van der Waals surface area (Å²) in [6.07, 6.45) is 2.59. The van der Waals surface area contributed by atoms with Crippen LogP contribution in [0.15, 0.2) is 48.5 Å². The number of piperidine rings is 1. The van der Waals surface area contributed by atoms with Crippen LogP contribution in [0.3, 0.4) is 0 Å². The molecule has 2 bridgehead atoms. The summed E-state index contributed by atoms with van der Waals surface area (Å²) in [7, 11) is 0. The van der Waals surface area contributed by atoms with Gasteiger partial charge in [0.25, 0.3) is 0 Å². The third-order valence-corrected chi connectivity index (χ3v) is 6.93. The van der Waals surface area contributed by atoms with Crippen LogP contribution in [0.5, 0.6) is 0 Å². The molecule has 0 aliphatic carbocycles. The van der Waals surface area contributed by atoms with Crippen molar-refractivity contribution in [3.63, 3.8) is 0 Å². The van der Waals surface area contributed by atoms with E-state index in [4.69, 9.17) is 9.57 Å². The molecule has 2 aromatic carbocycles. The van der Waals surface area contributed by atoms with Crippen LogP contribution in [0, 0.1) is 0 Å². The van der Waals surface area contributed by atoms with Gasteiger partial charge in [-0.05, 0) is 75.8 Å². The molecule has 0 aromatic heterocycles. The summed E-state index contributed by atoms with van der Waals surface area (Å²) in [5.74, 6) is -0.463. The molecule has 2 fully saturated rings. The molecule has 9 heteroatoms. The minimum atomic E-state index is -0.542. The number of hydroxylamine groups is 2. The first kappa shape index (κ1) is 25.1. The van der Waals surface area contributed by atoms with E-state index in [1.54, 1.807) is 4.90 Å². The zero-order valence-electron chi connectivity index (χ0n) is 21.5. The van der Waals surface area contributed by atoms with Crippen molar-refractivity contribution in [2.24, 2.45) is 0 Å². The van der Waals surface area contributed by atoms with Crippen molar-refractivity contribution >= 4 is 29.3 Å². The van der Waals surface area contributed by atoms with Crippen LogP contribution < -0.4 is 10.6 Å². The first-order chi connectivity index (χ1) is 17.7. The van der Waals surface area contributed by atoms with Crippen LogP contribution in [0.2, 0.25) is 0 Å². The smallest absolute Gasteiger partial charge is 0.345 e. The van der Waals surface area contributed by atoms with E-state index in [1.165, 1.54) is 5.06 Å². The highest BCUT2D eigenvalue weighted by Crippen LogP contribution is 2.32. The molecule has 9 nitrogen and oxygen atoms in total. The van der Waals surface area contributed by atoms with Crippen LogP contribution in [0.4, 0.5) is 16.2 Å². The number of hydrogen-bond donors (Lipinski definition) is 2. The Kier molecular flexibility index (Phi) is 6.81. The van der Waals surface area contributed by atoms with Crippen LogP contribution in [-0.2, 0) is 32.2 Å². The second-order valence-electron chi connectivity index (χ2n) is 10.9. The predicted octanol–water partition coefficient (Wildman–Crippen LogP) is 4.09. The molecule has 1 unspecified atom stereocenters. The number of anilines is 2. The molecule has 5 rings (SSSR count). The second-order valence-corrected chi connectivity index (χ2v) is 10.9.